The Bertz CT molecular complexity index is 581. The van der Waals surface area contributed by atoms with Crippen LogP contribution in [0.5, 0.6) is 0 Å². The van der Waals surface area contributed by atoms with Crippen LogP contribution in [-0.2, 0) is 19.4 Å². The van der Waals surface area contributed by atoms with E-state index in [0.29, 0.717) is 12.0 Å². The molecule has 1 aromatic heterocycles. The second-order valence-corrected chi connectivity index (χ2v) is 5.08. The maximum absolute atomic E-state index is 13.8. The van der Waals surface area contributed by atoms with Crippen LogP contribution in [0.15, 0.2) is 30.6 Å². The van der Waals surface area contributed by atoms with E-state index in [1.54, 1.807) is 12.1 Å². The van der Waals surface area contributed by atoms with Crippen LogP contribution >= 0.6 is 0 Å². The summed E-state index contributed by atoms with van der Waals surface area (Å²) in [5.74, 6) is -1.54. The topological polar surface area (TPSA) is 29.9 Å². The minimum atomic E-state index is -0.790. The molecule has 0 amide bonds. The molecule has 5 heteroatoms. The van der Waals surface area contributed by atoms with E-state index in [1.165, 1.54) is 0 Å². The Morgan fingerprint density at radius 1 is 1.24 bits per heavy atom. The molecule has 1 heterocycles. The molecule has 0 radical (unpaired) electrons. The normalized spacial score (nSPS) is 12.6. The zero-order valence-corrected chi connectivity index (χ0v) is 12.4. The molecule has 1 aromatic carbocycles. The van der Waals surface area contributed by atoms with Gasteiger partial charge in [-0.25, -0.2) is 8.78 Å². The van der Waals surface area contributed by atoms with E-state index in [1.807, 2.05) is 30.9 Å². The summed E-state index contributed by atoms with van der Waals surface area (Å²) in [7, 11) is 0. The minimum absolute atomic E-state index is 0.0563. The Balaban J connectivity index is 2.09. The Morgan fingerprint density at radius 3 is 2.71 bits per heavy atom. The number of hydrogen-bond donors (Lipinski definition) is 1. The molecule has 2 aromatic rings. The van der Waals surface area contributed by atoms with Crippen molar-refractivity contribution in [2.75, 3.05) is 6.54 Å². The summed E-state index contributed by atoms with van der Waals surface area (Å²) in [6.45, 7) is 5.64. The molecule has 0 spiro atoms. The summed E-state index contributed by atoms with van der Waals surface area (Å²) in [6.07, 6.45) is 5.01. The van der Waals surface area contributed by atoms with Crippen molar-refractivity contribution in [3.05, 3.63) is 53.4 Å². The van der Waals surface area contributed by atoms with Crippen molar-refractivity contribution in [2.24, 2.45) is 0 Å². The van der Waals surface area contributed by atoms with Crippen molar-refractivity contribution in [3.8, 4) is 0 Å². The van der Waals surface area contributed by atoms with Crippen molar-refractivity contribution < 1.29 is 8.78 Å². The van der Waals surface area contributed by atoms with Crippen LogP contribution in [0.4, 0.5) is 8.78 Å². The van der Waals surface area contributed by atoms with Gasteiger partial charge in [-0.3, -0.25) is 4.68 Å². The largest absolute Gasteiger partial charge is 0.314 e. The fraction of sp³-hybridized carbons (Fsp3) is 0.438. The Labute approximate surface area is 124 Å². The second kappa shape index (κ2) is 7.31. The molecule has 114 valence electrons. The average Bonchev–Trinajstić information content (AvgIpc) is 2.92. The standard InChI is InChI=1S/C16H21F2N3/c1-3-19-14(8-12-10-20-21(4-2)11-12)9-13-6-5-7-15(17)16(13)18/h5-7,10-11,14,19H,3-4,8-9H2,1-2H3. The van der Waals surface area contributed by atoms with Gasteiger partial charge in [-0.05, 0) is 43.5 Å². The SMILES string of the molecule is CCNC(Cc1cnn(CC)c1)Cc1cccc(F)c1F. The highest BCUT2D eigenvalue weighted by Crippen LogP contribution is 2.15. The quantitative estimate of drug-likeness (QED) is 0.850. The predicted octanol–water partition coefficient (Wildman–Crippen LogP) is 2.94. The van der Waals surface area contributed by atoms with Gasteiger partial charge in [0.05, 0.1) is 6.20 Å². The molecular formula is C16H21F2N3. The molecule has 0 bridgehead atoms. The van der Waals surface area contributed by atoms with Gasteiger partial charge in [-0.2, -0.15) is 5.10 Å². The number of aromatic nitrogens is 2. The molecule has 0 aliphatic carbocycles. The van der Waals surface area contributed by atoms with Crippen LogP contribution in [0.2, 0.25) is 0 Å². The van der Waals surface area contributed by atoms with E-state index in [-0.39, 0.29) is 6.04 Å². The summed E-state index contributed by atoms with van der Waals surface area (Å²) in [5, 5.41) is 7.57. The van der Waals surface area contributed by atoms with Crippen molar-refractivity contribution in [2.45, 2.75) is 39.3 Å². The molecule has 21 heavy (non-hydrogen) atoms. The molecule has 1 N–H and O–H groups in total. The smallest absolute Gasteiger partial charge is 0.162 e. The van der Waals surface area contributed by atoms with E-state index in [4.69, 9.17) is 0 Å². The number of aryl methyl sites for hydroxylation is 1. The van der Waals surface area contributed by atoms with E-state index in [0.717, 1.165) is 31.1 Å². The summed E-state index contributed by atoms with van der Waals surface area (Å²) in [4.78, 5) is 0. The molecule has 1 atom stereocenters. The number of nitrogens with zero attached hydrogens (tertiary/aromatic N) is 2. The number of benzene rings is 1. The van der Waals surface area contributed by atoms with Gasteiger partial charge in [0.2, 0.25) is 0 Å². The molecular weight excluding hydrogens is 272 g/mol. The van der Waals surface area contributed by atoms with E-state index in [9.17, 15) is 8.78 Å². The minimum Gasteiger partial charge on any atom is -0.314 e. The summed E-state index contributed by atoms with van der Waals surface area (Å²) in [5.41, 5.74) is 1.50. The molecule has 2 rings (SSSR count). The maximum Gasteiger partial charge on any atom is 0.162 e. The fourth-order valence-corrected chi connectivity index (χ4v) is 2.45. The van der Waals surface area contributed by atoms with E-state index < -0.39 is 11.6 Å². The van der Waals surface area contributed by atoms with Crippen LogP contribution in [0.25, 0.3) is 0 Å². The number of nitrogens with one attached hydrogen (secondary N) is 1. The Morgan fingerprint density at radius 2 is 2.05 bits per heavy atom. The predicted molar refractivity (Wildman–Crippen MR) is 79.1 cm³/mol. The van der Waals surface area contributed by atoms with Crippen molar-refractivity contribution in [1.29, 1.82) is 0 Å². The van der Waals surface area contributed by atoms with Gasteiger partial charge in [-0.1, -0.05) is 19.1 Å². The third-order valence-electron chi connectivity index (χ3n) is 3.48. The van der Waals surface area contributed by atoms with Crippen LogP contribution in [-0.4, -0.2) is 22.4 Å². The number of hydrogen-bond acceptors (Lipinski definition) is 2. The summed E-state index contributed by atoms with van der Waals surface area (Å²) < 4.78 is 28.9. The lowest BCUT2D eigenvalue weighted by Gasteiger charge is -2.17. The molecule has 0 saturated heterocycles. The zero-order valence-electron chi connectivity index (χ0n) is 12.4. The lowest BCUT2D eigenvalue weighted by Crippen LogP contribution is -2.33. The molecule has 0 fully saturated rings. The van der Waals surface area contributed by atoms with Crippen LogP contribution < -0.4 is 5.32 Å². The Hall–Kier alpha value is -1.75. The number of rotatable bonds is 7. The maximum atomic E-state index is 13.8. The molecule has 3 nitrogen and oxygen atoms in total. The Kier molecular flexibility index (Phi) is 5.44. The summed E-state index contributed by atoms with van der Waals surface area (Å²) in [6, 6.07) is 4.39. The summed E-state index contributed by atoms with van der Waals surface area (Å²) >= 11 is 0. The first kappa shape index (κ1) is 15.6. The van der Waals surface area contributed by atoms with Crippen molar-refractivity contribution in [1.82, 2.24) is 15.1 Å². The van der Waals surface area contributed by atoms with Gasteiger partial charge in [-0.15, -0.1) is 0 Å². The van der Waals surface area contributed by atoms with Gasteiger partial charge in [0.25, 0.3) is 0 Å². The van der Waals surface area contributed by atoms with Gasteiger partial charge in [0, 0.05) is 18.8 Å². The highest BCUT2D eigenvalue weighted by Gasteiger charge is 2.15. The third kappa shape index (κ3) is 4.11. The van der Waals surface area contributed by atoms with E-state index in [2.05, 4.69) is 10.4 Å². The van der Waals surface area contributed by atoms with Crippen LogP contribution in [0, 0.1) is 11.6 Å². The first-order chi connectivity index (χ1) is 10.1. The average molecular weight is 293 g/mol. The van der Waals surface area contributed by atoms with Gasteiger partial charge in [0.15, 0.2) is 11.6 Å². The third-order valence-corrected chi connectivity index (χ3v) is 3.48. The van der Waals surface area contributed by atoms with Gasteiger partial charge >= 0.3 is 0 Å². The first-order valence-electron chi connectivity index (χ1n) is 7.31. The second-order valence-electron chi connectivity index (χ2n) is 5.08. The number of halogens is 2. The highest BCUT2D eigenvalue weighted by atomic mass is 19.2. The van der Waals surface area contributed by atoms with Crippen LogP contribution in [0.1, 0.15) is 25.0 Å². The fourth-order valence-electron chi connectivity index (χ4n) is 2.45. The lowest BCUT2D eigenvalue weighted by molar-refractivity contribution is 0.474. The lowest BCUT2D eigenvalue weighted by atomic mass is 10.00. The van der Waals surface area contributed by atoms with E-state index >= 15 is 0 Å². The molecule has 1 unspecified atom stereocenters. The monoisotopic (exact) mass is 293 g/mol. The first-order valence-corrected chi connectivity index (χ1v) is 7.31. The number of likely N-dealkylation sites (N-methyl/N-ethyl adjacent to an activating group) is 1. The molecule has 0 aliphatic heterocycles. The van der Waals surface area contributed by atoms with Crippen molar-refractivity contribution in [3.63, 3.8) is 0 Å². The van der Waals surface area contributed by atoms with Gasteiger partial charge in [0.1, 0.15) is 0 Å². The van der Waals surface area contributed by atoms with Crippen LogP contribution in [0.3, 0.4) is 0 Å². The molecule has 0 saturated carbocycles. The van der Waals surface area contributed by atoms with Crippen molar-refractivity contribution >= 4 is 0 Å². The molecule has 0 aliphatic rings. The highest BCUT2D eigenvalue weighted by molar-refractivity contribution is 5.21. The zero-order chi connectivity index (χ0) is 15.2. The van der Waals surface area contributed by atoms with Gasteiger partial charge < -0.3 is 5.32 Å².